The number of amides is 1. The van der Waals surface area contributed by atoms with Crippen molar-refractivity contribution in [2.45, 2.75) is 58.2 Å². The molecule has 0 aromatic heterocycles. The molecule has 3 heteroatoms. The second kappa shape index (κ2) is 5.96. The van der Waals surface area contributed by atoms with Gasteiger partial charge in [-0.2, -0.15) is 0 Å². The molecule has 1 aliphatic carbocycles. The summed E-state index contributed by atoms with van der Waals surface area (Å²) in [6.45, 7) is 4.07. The van der Waals surface area contributed by atoms with Crippen LogP contribution in [0.3, 0.4) is 0 Å². The molecule has 1 amide bonds. The molecule has 2 aliphatic rings. The quantitative estimate of drug-likeness (QED) is 0.888. The van der Waals surface area contributed by atoms with Crippen molar-refractivity contribution in [2.75, 3.05) is 0 Å². The maximum absolute atomic E-state index is 12.4. The molecule has 3 nitrogen and oxygen atoms in total. The van der Waals surface area contributed by atoms with Gasteiger partial charge in [-0.1, -0.05) is 32.3 Å². The number of carbonyl (C=O) groups is 1. The average molecular weight is 272 g/mol. The summed E-state index contributed by atoms with van der Waals surface area (Å²) in [6, 6.07) is 6.46. The molecule has 1 aliphatic heterocycles. The molecule has 20 heavy (non-hydrogen) atoms. The van der Waals surface area contributed by atoms with Gasteiger partial charge in [-0.25, -0.2) is 0 Å². The summed E-state index contributed by atoms with van der Waals surface area (Å²) in [5, 5.41) is 6.55. The predicted octanol–water partition coefficient (Wildman–Crippen LogP) is 2.99. The number of nitrogens with one attached hydrogen (secondary N) is 2. The van der Waals surface area contributed by atoms with Crippen LogP contribution in [0.4, 0.5) is 0 Å². The van der Waals surface area contributed by atoms with Crippen LogP contribution in [-0.4, -0.2) is 11.9 Å². The second-order valence-electron chi connectivity index (χ2n) is 6.20. The van der Waals surface area contributed by atoms with E-state index in [1.165, 1.54) is 30.4 Å². The van der Waals surface area contributed by atoms with Crippen molar-refractivity contribution in [1.82, 2.24) is 10.6 Å². The number of carbonyl (C=O) groups excluding carboxylic acids is 1. The van der Waals surface area contributed by atoms with Gasteiger partial charge in [0.25, 0.3) is 5.91 Å². The fourth-order valence-corrected chi connectivity index (χ4v) is 3.50. The van der Waals surface area contributed by atoms with E-state index in [-0.39, 0.29) is 5.91 Å². The van der Waals surface area contributed by atoms with Crippen LogP contribution in [-0.2, 0) is 13.1 Å². The minimum atomic E-state index is 0.0986. The topological polar surface area (TPSA) is 41.1 Å². The van der Waals surface area contributed by atoms with Crippen LogP contribution in [0.5, 0.6) is 0 Å². The molecule has 1 saturated carbocycles. The van der Waals surface area contributed by atoms with E-state index >= 15 is 0 Å². The molecule has 0 spiro atoms. The van der Waals surface area contributed by atoms with Gasteiger partial charge in [0.15, 0.2) is 0 Å². The lowest BCUT2D eigenvalue weighted by Gasteiger charge is -2.29. The van der Waals surface area contributed by atoms with Gasteiger partial charge in [0, 0.05) is 24.7 Å². The lowest BCUT2D eigenvalue weighted by molar-refractivity contribution is 0.0919. The standard InChI is InChI=1S/C17H24N2O/c1-2-12-4-3-5-16(8-12)19-17(20)13-6-7-14-10-18-11-15(14)9-13/h6-7,9,12,16,18H,2-5,8,10-11H2,1H3,(H,19,20). The maximum Gasteiger partial charge on any atom is 0.251 e. The Morgan fingerprint density at radius 1 is 1.30 bits per heavy atom. The zero-order chi connectivity index (χ0) is 13.9. The molecule has 1 aromatic carbocycles. The Bertz CT molecular complexity index is 498. The third kappa shape index (κ3) is 2.88. The summed E-state index contributed by atoms with van der Waals surface area (Å²) >= 11 is 0. The van der Waals surface area contributed by atoms with Gasteiger partial charge in [-0.15, -0.1) is 0 Å². The fraction of sp³-hybridized carbons (Fsp3) is 0.588. The molecule has 0 radical (unpaired) electrons. The van der Waals surface area contributed by atoms with Gasteiger partial charge < -0.3 is 10.6 Å². The van der Waals surface area contributed by atoms with Crippen LogP contribution in [0.1, 0.15) is 60.5 Å². The lowest BCUT2D eigenvalue weighted by Crippen LogP contribution is -2.38. The third-order valence-electron chi connectivity index (χ3n) is 4.79. The summed E-state index contributed by atoms with van der Waals surface area (Å²) in [4.78, 5) is 12.4. The van der Waals surface area contributed by atoms with E-state index in [2.05, 4.69) is 23.6 Å². The highest BCUT2D eigenvalue weighted by atomic mass is 16.1. The highest BCUT2D eigenvalue weighted by Gasteiger charge is 2.23. The van der Waals surface area contributed by atoms with E-state index in [1.54, 1.807) is 0 Å². The molecule has 108 valence electrons. The fourth-order valence-electron chi connectivity index (χ4n) is 3.50. The normalized spacial score (nSPS) is 25.2. The van der Waals surface area contributed by atoms with E-state index in [0.717, 1.165) is 37.4 Å². The van der Waals surface area contributed by atoms with Crippen molar-refractivity contribution in [3.8, 4) is 0 Å². The molecule has 3 rings (SSSR count). The smallest absolute Gasteiger partial charge is 0.251 e. The van der Waals surface area contributed by atoms with Crippen LogP contribution >= 0.6 is 0 Å². The highest BCUT2D eigenvalue weighted by Crippen LogP contribution is 2.27. The molecule has 0 saturated heterocycles. The molecular formula is C17H24N2O. The first-order valence-corrected chi connectivity index (χ1v) is 7.89. The van der Waals surface area contributed by atoms with E-state index in [1.807, 2.05) is 12.1 Å². The first kappa shape index (κ1) is 13.6. The third-order valence-corrected chi connectivity index (χ3v) is 4.79. The van der Waals surface area contributed by atoms with Crippen LogP contribution in [0.25, 0.3) is 0 Å². The van der Waals surface area contributed by atoms with Crippen LogP contribution in [0.15, 0.2) is 18.2 Å². The van der Waals surface area contributed by atoms with Crippen molar-refractivity contribution in [3.05, 3.63) is 34.9 Å². The van der Waals surface area contributed by atoms with E-state index in [0.29, 0.717) is 6.04 Å². The molecule has 1 fully saturated rings. The molecular weight excluding hydrogens is 248 g/mol. The first-order valence-electron chi connectivity index (χ1n) is 7.89. The molecule has 0 bridgehead atoms. The van der Waals surface area contributed by atoms with Crippen molar-refractivity contribution >= 4 is 5.91 Å². The first-order chi connectivity index (χ1) is 9.76. The minimum absolute atomic E-state index is 0.0986. The minimum Gasteiger partial charge on any atom is -0.349 e. The molecule has 2 atom stereocenters. The van der Waals surface area contributed by atoms with Crippen molar-refractivity contribution in [3.63, 3.8) is 0 Å². The maximum atomic E-state index is 12.4. The van der Waals surface area contributed by atoms with Gasteiger partial charge in [-0.05, 0) is 42.0 Å². The van der Waals surface area contributed by atoms with Gasteiger partial charge in [0.1, 0.15) is 0 Å². The number of rotatable bonds is 3. The molecule has 2 N–H and O–H groups in total. The van der Waals surface area contributed by atoms with Gasteiger partial charge in [-0.3, -0.25) is 4.79 Å². The van der Waals surface area contributed by atoms with Crippen LogP contribution in [0.2, 0.25) is 0 Å². The lowest BCUT2D eigenvalue weighted by atomic mass is 9.84. The highest BCUT2D eigenvalue weighted by molar-refractivity contribution is 5.94. The largest absolute Gasteiger partial charge is 0.349 e. The Hall–Kier alpha value is -1.35. The SMILES string of the molecule is CCC1CCCC(NC(=O)c2ccc3c(c2)CNC3)C1. The Balaban J connectivity index is 1.64. The van der Waals surface area contributed by atoms with Gasteiger partial charge in [0.2, 0.25) is 0 Å². The Morgan fingerprint density at radius 2 is 2.15 bits per heavy atom. The van der Waals surface area contributed by atoms with Gasteiger partial charge >= 0.3 is 0 Å². The zero-order valence-corrected chi connectivity index (χ0v) is 12.2. The number of fused-ring (bicyclic) bond motifs is 1. The molecule has 1 aromatic rings. The summed E-state index contributed by atoms with van der Waals surface area (Å²) in [5.74, 6) is 0.889. The molecule has 1 heterocycles. The zero-order valence-electron chi connectivity index (χ0n) is 12.2. The number of benzene rings is 1. The monoisotopic (exact) mass is 272 g/mol. The average Bonchev–Trinajstić information content (AvgIpc) is 2.94. The van der Waals surface area contributed by atoms with Gasteiger partial charge in [0.05, 0.1) is 0 Å². The predicted molar refractivity (Wildman–Crippen MR) is 80.5 cm³/mol. The van der Waals surface area contributed by atoms with E-state index in [9.17, 15) is 4.79 Å². The number of hydrogen-bond acceptors (Lipinski definition) is 2. The van der Waals surface area contributed by atoms with Crippen LogP contribution in [0, 0.1) is 5.92 Å². The Kier molecular flexibility index (Phi) is 4.06. The van der Waals surface area contributed by atoms with Crippen molar-refractivity contribution < 1.29 is 4.79 Å². The Morgan fingerprint density at radius 3 is 3.00 bits per heavy atom. The van der Waals surface area contributed by atoms with Crippen molar-refractivity contribution in [1.29, 1.82) is 0 Å². The summed E-state index contributed by atoms with van der Waals surface area (Å²) in [6.07, 6.45) is 6.09. The van der Waals surface area contributed by atoms with Crippen LogP contribution < -0.4 is 10.6 Å². The van der Waals surface area contributed by atoms with E-state index < -0.39 is 0 Å². The Labute approximate surface area is 121 Å². The summed E-state index contributed by atoms with van der Waals surface area (Å²) < 4.78 is 0. The molecule has 2 unspecified atom stereocenters. The van der Waals surface area contributed by atoms with E-state index in [4.69, 9.17) is 0 Å². The number of hydrogen-bond donors (Lipinski definition) is 2. The second-order valence-corrected chi connectivity index (χ2v) is 6.20. The summed E-state index contributed by atoms with van der Waals surface area (Å²) in [7, 11) is 0. The van der Waals surface area contributed by atoms with Crippen molar-refractivity contribution in [2.24, 2.45) is 5.92 Å². The summed E-state index contributed by atoms with van der Waals surface area (Å²) in [5.41, 5.74) is 3.41.